The van der Waals surface area contributed by atoms with Crippen molar-refractivity contribution in [1.29, 1.82) is 0 Å². The maximum absolute atomic E-state index is 15.3. The number of amides is 1. The van der Waals surface area contributed by atoms with E-state index < -0.39 is 44.1 Å². The van der Waals surface area contributed by atoms with Gasteiger partial charge in [0.1, 0.15) is 27.9 Å². The summed E-state index contributed by atoms with van der Waals surface area (Å²) in [6, 6.07) is 3.71. The van der Waals surface area contributed by atoms with Gasteiger partial charge in [0.05, 0.1) is 16.2 Å². The van der Waals surface area contributed by atoms with Crippen LogP contribution in [-0.2, 0) is 27.8 Å². The van der Waals surface area contributed by atoms with E-state index in [-0.39, 0.29) is 45.0 Å². The van der Waals surface area contributed by atoms with Gasteiger partial charge >= 0.3 is 6.09 Å². The molecule has 210 valence electrons. The van der Waals surface area contributed by atoms with Gasteiger partial charge in [-0.15, -0.1) is 15.6 Å². The third-order valence-corrected chi connectivity index (χ3v) is 8.40. The summed E-state index contributed by atoms with van der Waals surface area (Å²) in [6.07, 6.45) is -0.301. The molecule has 1 aliphatic rings. The van der Waals surface area contributed by atoms with E-state index in [0.717, 1.165) is 55.1 Å². The molecule has 14 heteroatoms. The zero-order valence-electron chi connectivity index (χ0n) is 21.3. The van der Waals surface area contributed by atoms with Gasteiger partial charge in [-0.1, -0.05) is 11.6 Å². The van der Waals surface area contributed by atoms with Crippen molar-refractivity contribution in [2.75, 3.05) is 22.7 Å². The fourth-order valence-electron chi connectivity index (χ4n) is 3.83. The monoisotopic (exact) mass is 602 g/mol. The summed E-state index contributed by atoms with van der Waals surface area (Å²) >= 11 is 7.32. The number of carbonyl (C=O) groups excluding carboxylic acids is 1. The number of carbonyl (C=O) groups is 1. The zero-order valence-corrected chi connectivity index (χ0v) is 23.7. The molecule has 0 spiro atoms. The molecule has 8 nitrogen and oxygen atoms in total. The lowest BCUT2D eigenvalue weighted by Gasteiger charge is -2.31. The first-order valence-electron chi connectivity index (χ1n) is 11.9. The van der Waals surface area contributed by atoms with Crippen LogP contribution in [0.4, 0.5) is 29.5 Å². The molecule has 1 aliphatic heterocycles. The Hall–Kier alpha value is -2.87. The van der Waals surface area contributed by atoms with Crippen molar-refractivity contribution in [1.82, 2.24) is 9.88 Å². The smallest absolute Gasteiger partial charge is 0.430 e. The number of anilines is 2. The molecule has 0 atom stereocenters. The molecule has 1 aromatic heterocycles. The van der Waals surface area contributed by atoms with Crippen LogP contribution in [0.1, 0.15) is 38.3 Å². The standard InChI is InChI=1S/C25H26ClF3N4O4S2/c1-25(2,3)37-24(34)33(23-13-38-14-31-23)39(35,36)22-9-17(26)21(10-20(22)29)30-11-15-16(12-32-7-4-8-32)19(28)6-5-18(15)27/h5-6,9-10,13-14,30H,4,7-8,11-12H2,1-3H3. The van der Waals surface area contributed by atoms with Crippen LogP contribution in [0.3, 0.4) is 0 Å². The van der Waals surface area contributed by atoms with Gasteiger partial charge in [-0.25, -0.2) is 31.4 Å². The maximum atomic E-state index is 15.3. The molecule has 3 aromatic rings. The molecule has 0 unspecified atom stereocenters. The molecular weight excluding hydrogens is 577 g/mol. The first-order chi connectivity index (χ1) is 18.3. The summed E-state index contributed by atoms with van der Waals surface area (Å²) in [5.41, 5.74) is 0.430. The average molecular weight is 603 g/mol. The van der Waals surface area contributed by atoms with E-state index in [9.17, 15) is 22.0 Å². The molecule has 39 heavy (non-hydrogen) atoms. The number of benzene rings is 2. The number of hydrogen-bond donors (Lipinski definition) is 1. The Labute approximate surface area is 233 Å². The number of halogens is 4. The predicted octanol–water partition coefficient (Wildman–Crippen LogP) is 6.16. The normalized spacial score (nSPS) is 14.1. The number of hydrogen-bond acceptors (Lipinski definition) is 8. The van der Waals surface area contributed by atoms with E-state index in [2.05, 4.69) is 10.3 Å². The van der Waals surface area contributed by atoms with Gasteiger partial charge in [-0.05, 0) is 64.5 Å². The number of nitrogens with zero attached hydrogens (tertiary/aromatic N) is 3. The second-order valence-corrected chi connectivity index (χ2v) is 12.7. The Bertz CT molecular complexity index is 1480. The first-order valence-corrected chi connectivity index (χ1v) is 14.6. The van der Waals surface area contributed by atoms with Crippen molar-refractivity contribution in [3.05, 3.63) is 68.8 Å². The minimum atomic E-state index is -4.86. The van der Waals surface area contributed by atoms with Crippen LogP contribution in [0, 0.1) is 17.5 Å². The SMILES string of the molecule is CC(C)(C)OC(=O)N(c1cscn1)S(=O)(=O)c1cc(Cl)c(NCc2c(F)ccc(F)c2CN2CCC2)cc1F. The van der Waals surface area contributed by atoms with Gasteiger partial charge < -0.3 is 10.1 Å². The van der Waals surface area contributed by atoms with E-state index in [1.165, 1.54) is 10.9 Å². The molecule has 0 aliphatic carbocycles. The summed E-state index contributed by atoms with van der Waals surface area (Å²) in [4.78, 5) is 17.8. The second kappa shape index (κ2) is 11.3. The summed E-state index contributed by atoms with van der Waals surface area (Å²) < 4.78 is 76.9. The number of nitrogens with one attached hydrogen (secondary N) is 1. The number of likely N-dealkylation sites (tertiary alicyclic amines) is 1. The molecule has 0 saturated carbocycles. The fourth-order valence-corrected chi connectivity index (χ4v) is 6.06. The van der Waals surface area contributed by atoms with Gasteiger partial charge in [-0.2, -0.15) is 0 Å². The zero-order chi connectivity index (χ0) is 28.5. The Morgan fingerprint density at radius 1 is 1.15 bits per heavy atom. The lowest BCUT2D eigenvalue weighted by molar-refractivity contribution is 0.0608. The van der Waals surface area contributed by atoms with E-state index in [0.29, 0.717) is 0 Å². The van der Waals surface area contributed by atoms with E-state index in [4.69, 9.17) is 16.3 Å². The summed E-state index contributed by atoms with van der Waals surface area (Å²) in [6.45, 7) is 6.17. The molecular formula is C25H26ClF3N4O4S2. The molecule has 1 saturated heterocycles. The topological polar surface area (TPSA) is 91.8 Å². The van der Waals surface area contributed by atoms with Crippen LogP contribution < -0.4 is 9.62 Å². The Kier molecular flexibility index (Phi) is 8.45. The van der Waals surface area contributed by atoms with Crippen molar-refractivity contribution in [3.8, 4) is 0 Å². The maximum Gasteiger partial charge on any atom is 0.430 e. The van der Waals surface area contributed by atoms with Gasteiger partial charge in [0, 0.05) is 29.6 Å². The quantitative estimate of drug-likeness (QED) is 0.330. The van der Waals surface area contributed by atoms with E-state index >= 15 is 4.39 Å². The molecule has 0 radical (unpaired) electrons. The highest BCUT2D eigenvalue weighted by Crippen LogP contribution is 2.33. The second-order valence-electron chi connectivity index (χ2n) is 9.83. The van der Waals surface area contributed by atoms with Crippen LogP contribution in [0.5, 0.6) is 0 Å². The van der Waals surface area contributed by atoms with E-state index in [1.54, 1.807) is 20.8 Å². The van der Waals surface area contributed by atoms with Gasteiger partial charge in [0.2, 0.25) is 0 Å². The van der Waals surface area contributed by atoms with Crippen molar-refractivity contribution < 1.29 is 31.1 Å². The number of thiazole rings is 1. The molecule has 2 aromatic carbocycles. The van der Waals surface area contributed by atoms with Gasteiger partial charge in [0.15, 0.2) is 5.82 Å². The summed E-state index contributed by atoms with van der Waals surface area (Å²) in [7, 11) is -4.86. The van der Waals surface area contributed by atoms with Crippen LogP contribution in [0.25, 0.3) is 0 Å². The third-order valence-electron chi connectivity index (χ3n) is 5.83. The largest absolute Gasteiger partial charge is 0.443 e. The molecule has 2 heterocycles. The third kappa shape index (κ3) is 6.48. The fraction of sp³-hybridized carbons (Fsp3) is 0.360. The lowest BCUT2D eigenvalue weighted by atomic mass is 10.0. The Morgan fingerprint density at radius 2 is 1.82 bits per heavy atom. The van der Waals surface area contributed by atoms with Crippen molar-refractivity contribution >= 4 is 50.6 Å². The van der Waals surface area contributed by atoms with Crippen molar-refractivity contribution in [3.63, 3.8) is 0 Å². The minimum absolute atomic E-state index is 0.0507. The Morgan fingerprint density at radius 3 is 2.38 bits per heavy atom. The van der Waals surface area contributed by atoms with Crippen LogP contribution in [-0.4, -0.2) is 43.1 Å². The average Bonchev–Trinajstić information content (AvgIpc) is 3.31. The molecule has 4 rings (SSSR count). The molecule has 1 N–H and O–H groups in total. The number of aromatic nitrogens is 1. The number of sulfonamides is 1. The number of ether oxygens (including phenoxy) is 1. The summed E-state index contributed by atoms with van der Waals surface area (Å²) in [5, 5.41) is 3.84. The molecule has 1 fully saturated rings. The van der Waals surface area contributed by atoms with Crippen molar-refractivity contribution in [2.45, 2.75) is 50.8 Å². The van der Waals surface area contributed by atoms with Crippen LogP contribution in [0.2, 0.25) is 5.02 Å². The van der Waals surface area contributed by atoms with Gasteiger partial charge in [-0.3, -0.25) is 4.90 Å². The lowest BCUT2D eigenvalue weighted by Crippen LogP contribution is -2.41. The van der Waals surface area contributed by atoms with Gasteiger partial charge in [0.25, 0.3) is 10.0 Å². The van der Waals surface area contributed by atoms with Crippen molar-refractivity contribution in [2.24, 2.45) is 0 Å². The van der Waals surface area contributed by atoms with Crippen LogP contribution >= 0.6 is 22.9 Å². The summed E-state index contributed by atoms with van der Waals surface area (Å²) in [5.74, 6) is -2.72. The van der Waals surface area contributed by atoms with Crippen LogP contribution in [0.15, 0.2) is 40.1 Å². The highest BCUT2D eigenvalue weighted by molar-refractivity contribution is 7.93. The minimum Gasteiger partial charge on any atom is -0.443 e. The highest BCUT2D eigenvalue weighted by atomic mass is 35.5. The van der Waals surface area contributed by atoms with E-state index in [1.807, 2.05) is 4.90 Å². The molecule has 0 bridgehead atoms. The molecule has 1 amide bonds. The highest BCUT2D eigenvalue weighted by Gasteiger charge is 2.38. The first kappa shape index (κ1) is 29.1. The predicted molar refractivity (Wildman–Crippen MR) is 143 cm³/mol. The Balaban J connectivity index is 1.63. The number of rotatable bonds is 8.